The normalized spacial score (nSPS) is 11.2. The van der Waals surface area contributed by atoms with Crippen LogP contribution in [0.2, 0.25) is 0 Å². The molecule has 19 heavy (non-hydrogen) atoms. The van der Waals surface area contributed by atoms with E-state index in [0.717, 1.165) is 6.42 Å². The Hall–Kier alpha value is -2.24. The average molecular weight is 265 g/mol. The predicted molar refractivity (Wildman–Crippen MR) is 72.4 cm³/mol. The van der Waals surface area contributed by atoms with E-state index < -0.39 is 0 Å². The number of amidine groups is 1. The minimum Gasteiger partial charge on any atom is -0.483 e. The lowest BCUT2D eigenvalue weighted by Crippen LogP contribution is -2.32. The molecule has 1 rings (SSSR count). The zero-order valence-corrected chi connectivity index (χ0v) is 11.2. The monoisotopic (exact) mass is 265 g/mol. The van der Waals surface area contributed by atoms with E-state index in [-0.39, 0.29) is 18.3 Å². The van der Waals surface area contributed by atoms with Crippen LogP contribution in [-0.2, 0) is 4.79 Å². The lowest BCUT2D eigenvalue weighted by Gasteiger charge is -2.17. The van der Waals surface area contributed by atoms with Crippen LogP contribution >= 0.6 is 0 Å². The molecule has 6 nitrogen and oxygen atoms in total. The summed E-state index contributed by atoms with van der Waals surface area (Å²) >= 11 is 0. The molecule has 0 bridgehead atoms. The van der Waals surface area contributed by atoms with Gasteiger partial charge in [0.1, 0.15) is 5.75 Å². The van der Waals surface area contributed by atoms with Gasteiger partial charge in [0.15, 0.2) is 12.4 Å². The van der Waals surface area contributed by atoms with E-state index in [1.165, 1.54) is 0 Å². The summed E-state index contributed by atoms with van der Waals surface area (Å²) < 4.78 is 5.43. The Morgan fingerprint density at radius 1 is 1.47 bits per heavy atom. The predicted octanol–water partition coefficient (Wildman–Crippen LogP) is 1.03. The van der Waals surface area contributed by atoms with Gasteiger partial charge in [-0.1, -0.05) is 24.2 Å². The van der Waals surface area contributed by atoms with Gasteiger partial charge < -0.3 is 20.6 Å². The number of carbonyl (C=O) groups is 1. The first-order chi connectivity index (χ1) is 9.10. The van der Waals surface area contributed by atoms with Crippen molar-refractivity contribution < 1.29 is 14.7 Å². The number of oxime groups is 1. The Labute approximate surface area is 112 Å². The van der Waals surface area contributed by atoms with E-state index in [1.54, 1.807) is 36.2 Å². The number of nitrogens with zero attached hydrogens (tertiary/aromatic N) is 2. The summed E-state index contributed by atoms with van der Waals surface area (Å²) in [5, 5.41) is 11.6. The molecule has 0 aliphatic carbocycles. The SMILES string of the molecule is CCCN(C)C(=O)COc1ccccc1/C(N)=N/O. The van der Waals surface area contributed by atoms with Gasteiger partial charge >= 0.3 is 0 Å². The molecule has 0 aliphatic heterocycles. The van der Waals surface area contributed by atoms with Crippen molar-refractivity contribution >= 4 is 11.7 Å². The number of benzene rings is 1. The van der Waals surface area contributed by atoms with Crippen molar-refractivity contribution in [3.63, 3.8) is 0 Å². The van der Waals surface area contributed by atoms with Gasteiger partial charge in [-0.2, -0.15) is 0 Å². The third-order valence-electron chi connectivity index (χ3n) is 2.61. The van der Waals surface area contributed by atoms with Crippen molar-refractivity contribution in [2.45, 2.75) is 13.3 Å². The molecular formula is C13H19N3O3. The van der Waals surface area contributed by atoms with Gasteiger partial charge in [-0.3, -0.25) is 4.79 Å². The maximum absolute atomic E-state index is 11.7. The maximum atomic E-state index is 11.7. The first kappa shape index (κ1) is 14.8. The zero-order chi connectivity index (χ0) is 14.3. The third kappa shape index (κ3) is 4.17. The van der Waals surface area contributed by atoms with E-state index in [0.29, 0.717) is 17.9 Å². The molecule has 0 heterocycles. The van der Waals surface area contributed by atoms with E-state index in [4.69, 9.17) is 15.7 Å². The van der Waals surface area contributed by atoms with Gasteiger partial charge in [-0.05, 0) is 18.6 Å². The molecule has 0 saturated heterocycles. The van der Waals surface area contributed by atoms with Crippen LogP contribution in [0.1, 0.15) is 18.9 Å². The summed E-state index contributed by atoms with van der Waals surface area (Å²) in [6.07, 6.45) is 0.892. The quantitative estimate of drug-likeness (QED) is 0.348. The second-order valence-corrected chi connectivity index (χ2v) is 4.09. The average Bonchev–Trinajstić information content (AvgIpc) is 2.44. The summed E-state index contributed by atoms with van der Waals surface area (Å²) in [5.41, 5.74) is 5.99. The van der Waals surface area contributed by atoms with Crippen LogP contribution < -0.4 is 10.5 Å². The van der Waals surface area contributed by atoms with Crippen LogP contribution in [0.4, 0.5) is 0 Å². The van der Waals surface area contributed by atoms with Gasteiger partial charge in [0.2, 0.25) is 0 Å². The second-order valence-electron chi connectivity index (χ2n) is 4.09. The molecule has 104 valence electrons. The third-order valence-corrected chi connectivity index (χ3v) is 2.61. The Kier molecular flexibility index (Phi) is 5.66. The van der Waals surface area contributed by atoms with Crippen molar-refractivity contribution in [2.75, 3.05) is 20.2 Å². The summed E-state index contributed by atoms with van der Waals surface area (Å²) in [4.78, 5) is 13.4. The van der Waals surface area contributed by atoms with Gasteiger partial charge in [-0.25, -0.2) is 0 Å². The van der Waals surface area contributed by atoms with E-state index >= 15 is 0 Å². The minimum atomic E-state index is -0.115. The van der Waals surface area contributed by atoms with E-state index in [9.17, 15) is 4.79 Å². The topological polar surface area (TPSA) is 88.2 Å². The number of rotatable bonds is 6. The van der Waals surface area contributed by atoms with E-state index in [1.807, 2.05) is 6.92 Å². The van der Waals surface area contributed by atoms with Crippen LogP contribution in [0.25, 0.3) is 0 Å². The highest BCUT2D eigenvalue weighted by Crippen LogP contribution is 2.17. The molecule has 6 heteroatoms. The fraction of sp³-hybridized carbons (Fsp3) is 0.385. The lowest BCUT2D eigenvalue weighted by molar-refractivity contribution is -0.132. The van der Waals surface area contributed by atoms with Gasteiger partial charge in [0.25, 0.3) is 5.91 Å². The Morgan fingerprint density at radius 3 is 2.79 bits per heavy atom. The molecule has 3 N–H and O–H groups in total. The Balaban J connectivity index is 2.71. The van der Waals surface area contributed by atoms with Crippen LogP contribution in [0.15, 0.2) is 29.4 Å². The molecule has 0 spiro atoms. The number of nitrogens with two attached hydrogens (primary N) is 1. The number of hydrogen-bond donors (Lipinski definition) is 2. The molecule has 0 unspecified atom stereocenters. The molecule has 1 aromatic rings. The number of ether oxygens (including phenoxy) is 1. The molecule has 1 aromatic carbocycles. The molecule has 0 aliphatic rings. The smallest absolute Gasteiger partial charge is 0.260 e. The second kappa shape index (κ2) is 7.25. The lowest BCUT2D eigenvalue weighted by atomic mass is 10.2. The summed E-state index contributed by atoms with van der Waals surface area (Å²) in [6, 6.07) is 6.82. The maximum Gasteiger partial charge on any atom is 0.260 e. The molecule has 0 aromatic heterocycles. The molecule has 0 atom stereocenters. The molecule has 1 amide bonds. The largest absolute Gasteiger partial charge is 0.483 e. The van der Waals surface area contributed by atoms with Crippen molar-refractivity contribution in [2.24, 2.45) is 10.9 Å². The fourth-order valence-electron chi connectivity index (χ4n) is 1.57. The minimum absolute atomic E-state index is 0.0510. The number of carbonyl (C=O) groups excluding carboxylic acids is 1. The standard InChI is InChI=1S/C13H19N3O3/c1-3-8-16(2)12(17)9-19-11-7-5-4-6-10(11)13(14)15-18/h4-7,18H,3,8-9H2,1-2H3,(H2,14,15). The van der Waals surface area contributed by atoms with Crippen molar-refractivity contribution in [3.05, 3.63) is 29.8 Å². The molecule has 0 fully saturated rings. The van der Waals surface area contributed by atoms with Crippen LogP contribution in [0.3, 0.4) is 0 Å². The highest BCUT2D eigenvalue weighted by molar-refractivity contribution is 5.99. The molecular weight excluding hydrogens is 246 g/mol. The summed E-state index contributed by atoms with van der Waals surface area (Å²) in [6.45, 7) is 2.61. The highest BCUT2D eigenvalue weighted by Gasteiger charge is 2.12. The van der Waals surface area contributed by atoms with Crippen molar-refractivity contribution in [1.29, 1.82) is 0 Å². The van der Waals surface area contributed by atoms with Gasteiger partial charge in [0, 0.05) is 13.6 Å². The number of amides is 1. The van der Waals surface area contributed by atoms with Crippen LogP contribution in [0, 0.1) is 0 Å². The van der Waals surface area contributed by atoms with Gasteiger partial charge in [-0.15, -0.1) is 0 Å². The Bertz CT molecular complexity index is 460. The van der Waals surface area contributed by atoms with Crippen LogP contribution in [0.5, 0.6) is 5.75 Å². The Morgan fingerprint density at radius 2 is 2.16 bits per heavy atom. The molecule has 0 radical (unpaired) electrons. The van der Waals surface area contributed by atoms with Crippen LogP contribution in [-0.4, -0.2) is 42.0 Å². The highest BCUT2D eigenvalue weighted by atomic mass is 16.5. The zero-order valence-electron chi connectivity index (χ0n) is 11.2. The van der Waals surface area contributed by atoms with Crippen molar-refractivity contribution in [1.82, 2.24) is 4.90 Å². The number of para-hydroxylation sites is 1. The summed E-state index contributed by atoms with van der Waals surface area (Å²) in [7, 11) is 1.73. The number of likely N-dealkylation sites (N-methyl/N-ethyl adjacent to an activating group) is 1. The van der Waals surface area contributed by atoms with Gasteiger partial charge in [0.05, 0.1) is 5.56 Å². The molecule has 0 saturated carbocycles. The first-order valence-corrected chi connectivity index (χ1v) is 6.03. The fourth-order valence-corrected chi connectivity index (χ4v) is 1.57. The van der Waals surface area contributed by atoms with Crippen molar-refractivity contribution in [3.8, 4) is 5.75 Å². The number of hydrogen-bond acceptors (Lipinski definition) is 4. The first-order valence-electron chi connectivity index (χ1n) is 6.03. The van der Waals surface area contributed by atoms with E-state index in [2.05, 4.69) is 5.16 Å². The summed E-state index contributed by atoms with van der Waals surface area (Å²) in [5.74, 6) is 0.247.